The van der Waals surface area contributed by atoms with Gasteiger partial charge < -0.3 is 10.6 Å². The van der Waals surface area contributed by atoms with Crippen LogP contribution in [-0.4, -0.2) is 19.6 Å². The second-order valence-corrected chi connectivity index (χ2v) is 6.88. The van der Waals surface area contributed by atoms with E-state index in [0.717, 1.165) is 24.0 Å². The fraction of sp³-hybridized carbons (Fsp3) is 0.600. The first kappa shape index (κ1) is 13.9. The van der Waals surface area contributed by atoms with Gasteiger partial charge in [0.1, 0.15) is 0 Å². The lowest BCUT2D eigenvalue weighted by Crippen LogP contribution is -2.37. The number of piperidine rings is 1. The van der Waals surface area contributed by atoms with Crippen molar-refractivity contribution < 1.29 is 0 Å². The summed E-state index contributed by atoms with van der Waals surface area (Å²) in [6, 6.07) is 6.57. The second kappa shape index (κ2) is 5.62. The lowest BCUT2D eigenvalue weighted by Gasteiger charge is -2.39. The van der Waals surface area contributed by atoms with Gasteiger partial charge in [-0.1, -0.05) is 29.8 Å². The van der Waals surface area contributed by atoms with Gasteiger partial charge in [-0.3, -0.25) is 0 Å². The minimum atomic E-state index is 0.500. The van der Waals surface area contributed by atoms with Crippen LogP contribution >= 0.6 is 15.9 Å². The minimum Gasteiger partial charge on any atom is -0.371 e. The van der Waals surface area contributed by atoms with Gasteiger partial charge in [0.05, 0.1) is 0 Å². The molecule has 0 bridgehead atoms. The van der Waals surface area contributed by atoms with Crippen molar-refractivity contribution >= 4 is 21.6 Å². The normalized spacial score (nSPS) is 19.0. The Morgan fingerprint density at radius 2 is 1.94 bits per heavy atom. The molecule has 0 aliphatic carbocycles. The van der Waals surface area contributed by atoms with Crippen LogP contribution < -0.4 is 10.6 Å². The summed E-state index contributed by atoms with van der Waals surface area (Å²) in [6.07, 6.45) is 3.49. The quantitative estimate of drug-likeness (QED) is 0.924. The zero-order valence-corrected chi connectivity index (χ0v) is 13.0. The third-order valence-electron chi connectivity index (χ3n) is 3.91. The largest absolute Gasteiger partial charge is 0.371 e. The predicted octanol–water partition coefficient (Wildman–Crippen LogP) is 3.58. The average Bonchev–Trinajstić information content (AvgIpc) is 2.31. The lowest BCUT2D eigenvalue weighted by atomic mass is 9.82. The molecule has 100 valence electrons. The zero-order chi connectivity index (χ0) is 13.2. The highest BCUT2D eigenvalue weighted by molar-refractivity contribution is 9.10. The number of hydrogen-bond donors (Lipinski definition) is 1. The Kier molecular flexibility index (Phi) is 4.33. The molecule has 0 spiro atoms. The number of benzene rings is 1. The molecular weight excluding hydrogens is 288 g/mol. The molecule has 1 aliphatic rings. The van der Waals surface area contributed by atoms with Crippen LogP contribution in [0.25, 0.3) is 0 Å². The van der Waals surface area contributed by atoms with Crippen LogP contribution in [0.5, 0.6) is 0 Å². The summed E-state index contributed by atoms with van der Waals surface area (Å²) < 4.78 is 1.15. The van der Waals surface area contributed by atoms with Gasteiger partial charge >= 0.3 is 0 Å². The number of rotatable bonds is 3. The Bertz CT molecular complexity index is 405. The van der Waals surface area contributed by atoms with E-state index < -0.39 is 0 Å². The number of nitrogens with two attached hydrogens (primary N) is 1. The first-order valence-corrected chi connectivity index (χ1v) is 7.54. The van der Waals surface area contributed by atoms with E-state index in [4.69, 9.17) is 5.73 Å². The number of nitrogens with zero attached hydrogens (tertiary/aromatic N) is 1. The summed E-state index contributed by atoms with van der Waals surface area (Å²) in [5.74, 6) is 0. The molecule has 2 N–H and O–H groups in total. The fourth-order valence-electron chi connectivity index (χ4n) is 2.57. The van der Waals surface area contributed by atoms with Crippen molar-refractivity contribution in [3.63, 3.8) is 0 Å². The van der Waals surface area contributed by atoms with E-state index in [1.54, 1.807) is 0 Å². The highest BCUT2D eigenvalue weighted by Gasteiger charge is 2.26. The summed E-state index contributed by atoms with van der Waals surface area (Å²) >= 11 is 3.55. The number of anilines is 1. The maximum atomic E-state index is 5.72. The maximum absolute atomic E-state index is 5.72. The zero-order valence-electron chi connectivity index (χ0n) is 11.4. The van der Waals surface area contributed by atoms with Crippen molar-refractivity contribution in [2.24, 2.45) is 11.1 Å². The molecule has 3 heteroatoms. The van der Waals surface area contributed by atoms with Crippen LogP contribution in [0.4, 0.5) is 5.69 Å². The Morgan fingerprint density at radius 3 is 2.56 bits per heavy atom. The van der Waals surface area contributed by atoms with Gasteiger partial charge in [0.2, 0.25) is 0 Å². The highest BCUT2D eigenvalue weighted by atomic mass is 79.9. The summed E-state index contributed by atoms with van der Waals surface area (Å²) in [5.41, 5.74) is 8.96. The summed E-state index contributed by atoms with van der Waals surface area (Å²) in [4.78, 5) is 2.52. The van der Waals surface area contributed by atoms with Gasteiger partial charge in [0, 0.05) is 23.2 Å². The van der Waals surface area contributed by atoms with Crippen molar-refractivity contribution in [1.29, 1.82) is 0 Å². The smallest absolute Gasteiger partial charge is 0.0400 e. The van der Waals surface area contributed by atoms with Gasteiger partial charge in [-0.05, 0) is 55.0 Å². The number of hydrogen-bond acceptors (Lipinski definition) is 2. The third-order valence-corrected chi connectivity index (χ3v) is 4.41. The van der Waals surface area contributed by atoms with Crippen molar-refractivity contribution in [3.8, 4) is 0 Å². The molecule has 1 aliphatic heterocycles. The van der Waals surface area contributed by atoms with Crippen LogP contribution in [0, 0.1) is 5.41 Å². The average molecular weight is 311 g/mol. The Morgan fingerprint density at radius 1 is 1.28 bits per heavy atom. The van der Waals surface area contributed by atoms with E-state index in [-0.39, 0.29) is 0 Å². The molecule has 0 amide bonds. The van der Waals surface area contributed by atoms with E-state index in [1.165, 1.54) is 24.1 Å². The molecule has 1 aromatic rings. The molecule has 2 rings (SSSR count). The summed E-state index contributed by atoms with van der Waals surface area (Å²) in [7, 11) is 0. The number of halogens is 1. The maximum Gasteiger partial charge on any atom is 0.0400 e. The molecule has 0 atom stereocenters. The predicted molar refractivity (Wildman–Crippen MR) is 82.1 cm³/mol. The van der Waals surface area contributed by atoms with E-state index in [9.17, 15) is 0 Å². The molecule has 1 aromatic carbocycles. The van der Waals surface area contributed by atoms with Crippen LogP contribution in [0.15, 0.2) is 22.7 Å². The summed E-state index contributed by atoms with van der Waals surface area (Å²) in [6.45, 7) is 7.76. The highest BCUT2D eigenvalue weighted by Crippen LogP contribution is 2.34. The van der Waals surface area contributed by atoms with Crippen LogP contribution in [0.3, 0.4) is 0 Å². The molecule has 0 radical (unpaired) electrons. The molecule has 18 heavy (non-hydrogen) atoms. The third kappa shape index (κ3) is 3.27. The molecule has 0 saturated carbocycles. The summed E-state index contributed by atoms with van der Waals surface area (Å²) in [5, 5.41) is 0. The molecule has 0 unspecified atom stereocenters. The molecule has 2 nitrogen and oxygen atoms in total. The van der Waals surface area contributed by atoms with Crippen LogP contribution in [-0.2, 0) is 6.42 Å². The standard InChI is InChI=1S/C15H23BrN2/c1-15(2)6-9-18(10-7-15)14-4-3-13(16)11-12(14)5-8-17/h3-4,11H,5-10,17H2,1-2H3. The lowest BCUT2D eigenvalue weighted by molar-refractivity contribution is 0.279. The fourth-order valence-corrected chi connectivity index (χ4v) is 2.98. The van der Waals surface area contributed by atoms with E-state index >= 15 is 0 Å². The van der Waals surface area contributed by atoms with Crippen LogP contribution in [0.2, 0.25) is 0 Å². The molecule has 1 saturated heterocycles. The minimum absolute atomic E-state index is 0.500. The Labute approximate surface area is 119 Å². The van der Waals surface area contributed by atoms with E-state index in [0.29, 0.717) is 12.0 Å². The molecule has 0 aromatic heterocycles. The first-order valence-electron chi connectivity index (χ1n) is 6.75. The van der Waals surface area contributed by atoms with Gasteiger partial charge in [-0.25, -0.2) is 0 Å². The van der Waals surface area contributed by atoms with Crippen molar-refractivity contribution in [2.75, 3.05) is 24.5 Å². The SMILES string of the molecule is CC1(C)CCN(c2ccc(Br)cc2CCN)CC1. The van der Waals surface area contributed by atoms with E-state index in [1.807, 2.05) is 0 Å². The Balaban J connectivity index is 2.18. The first-order chi connectivity index (χ1) is 8.52. The monoisotopic (exact) mass is 310 g/mol. The van der Waals surface area contributed by atoms with Crippen molar-refractivity contribution in [2.45, 2.75) is 33.1 Å². The van der Waals surface area contributed by atoms with Gasteiger partial charge in [-0.2, -0.15) is 0 Å². The second-order valence-electron chi connectivity index (χ2n) is 5.96. The van der Waals surface area contributed by atoms with Crippen molar-refractivity contribution in [3.05, 3.63) is 28.2 Å². The Hall–Kier alpha value is -0.540. The molecular formula is C15H23BrN2. The van der Waals surface area contributed by atoms with E-state index in [2.05, 4.69) is 52.9 Å². The molecule has 1 heterocycles. The van der Waals surface area contributed by atoms with Gasteiger partial charge in [0.15, 0.2) is 0 Å². The molecule has 1 fully saturated rings. The topological polar surface area (TPSA) is 29.3 Å². The van der Waals surface area contributed by atoms with Crippen molar-refractivity contribution in [1.82, 2.24) is 0 Å². The van der Waals surface area contributed by atoms with Gasteiger partial charge in [-0.15, -0.1) is 0 Å². The van der Waals surface area contributed by atoms with Gasteiger partial charge in [0.25, 0.3) is 0 Å². The van der Waals surface area contributed by atoms with Crippen LogP contribution in [0.1, 0.15) is 32.3 Å².